The molecule has 7 heteroatoms. The number of hydrogen-bond acceptors (Lipinski definition) is 3. The number of thiophene rings is 1. The van der Waals surface area contributed by atoms with Gasteiger partial charge in [-0.05, 0) is 24.6 Å². The molecule has 1 aromatic carbocycles. The van der Waals surface area contributed by atoms with Crippen LogP contribution in [0.3, 0.4) is 0 Å². The average Bonchev–Trinajstić information content (AvgIpc) is 2.56. The molecule has 0 fully saturated rings. The second kappa shape index (κ2) is 4.90. The lowest BCUT2D eigenvalue weighted by atomic mass is 10.1. The van der Waals surface area contributed by atoms with Crippen LogP contribution in [0.4, 0.5) is 14.5 Å². The van der Waals surface area contributed by atoms with E-state index in [4.69, 9.17) is 10.8 Å². The van der Waals surface area contributed by atoms with Crippen LogP contribution in [0.1, 0.15) is 15.2 Å². The fourth-order valence-electron chi connectivity index (χ4n) is 1.68. The molecule has 0 bridgehead atoms. The Balaban J connectivity index is 2.73. The highest BCUT2D eigenvalue weighted by atomic mass is 79.9. The van der Waals surface area contributed by atoms with Gasteiger partial charge in [-0.25, -0.2) is 13.6 Å². The molecule has 0 aliphatic rings. The van der Waals surface area contributed by atoms with Crippen molar-refractivity contribution in [2.75, 3.05) is 5.73 Å². The van der Waals surface area contributed by atoms with Crippen molar-refractivity contribution >= 4 is 38.9 Å². The Kier molecular flexibility index (Phi) is 3.60. The van der Waals surface area contributed by atoms with Crippen LogP contribution in [0, 0.1) is 18.6 Å². The van der Waals surface area contributed by atoms with Crippen molar-refractivity contribution in [2.24, 2.45) is 0 Å². The zero-order chi connectivity index (χ0) is 14.3. The van der Waals surface area contributed by atoms with Crippen LogP contribution in [0.2, 0.25) is 0 Å². The van der Waals surface area contributed by atoms with Crippen LogP contribution in [0.15, 0.2) is 16.6 Å². The van der Waals surface area contributed by atoms with E-state index in [2.05, 4.69) is 15.9 Å². The van der Waals surface area contributed by atoms with Crippen molar-refractivity contribution in [1.29, 1.82) is 0 Å². The van der Waals surface area contributed by atoms with Gasteiger partial charge in [-0.15, -0.1) is 11.3 Å². The van der Waals surface area contributed by atoms with Crippen LogP contribution < -0.4 is 5.73 Å². The van der Waals surface area contributed by atoms with E-state index in [9.17, 15) is 13.6 Å². The number of carboxylic acid groups (broad SMARTS) is 1. The Bertz CT molecular complexity index is 662. The number of hydrogen-bond donors (Lipinski definition) is 2. The molecule has 1 heterocycles. The maximum absolute atomic E-state index is 13.9. The van der Waals surface area contributed by atoms with Crippen molar-refractivity contribution in [1.82, 2.24) is 0 Å². The van der Waals surface area contributed by atoms with E-state index < -0.39 is 17.6 Å². The molecule has 0 unspecified atom stereocenters. The zero-order valence-corrected chi connectivity index (χ0v) is 12.0. The molecule has 0 saturated carbocycles. The van der Waals surface area contributed by atoms with E-state index in [1.165, 1.54) is 6.92 Å². The minimum absolute atomic E-state index is 0.0363. The molecule has 0 radical (unpaired) electrons. The molecule has 0 saturated heterocycles. The van der Waals surface area contributed by atoms with E-state index in [-0.39, 0.29) is 25.5 Å². The molecule has 0 spiro atoms. The largest absolute Gasteiger partial charge is 0.477 e. The Hall–Kier alpha value is -1.47. The first-order valence-corrected chi connectivity index (χ1v) is 6.71. The molecule has 0 amide bonds. The molecular weight excluding hydrogens is 340 g/mol. The van der Waals surface area contributed by atoms with E-state index in [1.54, 1.807) is 0 Å². The topological polar surface area (TPSA) is 63.3 Å². The summed E-state index contributed by atoms with van der Waals surface area (Å²) in [6.07, 6.45) is 0. The summed E-state index contributed by atoms with van der Waals surface area (Å²) >= 11 is 3.75. The number of nitrogen functional groups attached to an aromatic ring is 1. The first-order chi connectivity index (χ1) is 8.82. The van der Waals surface area contributed by atoms with Gasteiger partial charge in [0, 0.05) is 9.35 Å². The van der Waals surface area contributed by atoms with Crippen molar-refractivity contribution in [3.05, 3.63) is 38.7 Å². The van der Waals surface area contributed by atoms with E-state index in [0.717, 1.165) is 23.5 Å². The van der Waals surface area contributed by atoms with Gasteiger partial charge >= 0.3 is 5.97 Å². The van der Waals surface area contributed by atoms with E-state index in [0.29, 0.717) is 5.56 Å². The smallest absolute Gasteiger partial charge is 0.348 e. The average molecular weight is 348 g/mol. The number of benzene rings is 1. The quantitative estimate of drug-likeness (QED) is 0.861. The first kappa shape index (κ1) is 14.0. The van der Waals surface area contributed by atoms with Crippen LogP contribution in [-0.2, 0) is 0 Å². The lowest BCUT2D eigenvalue weighted by Gasteiger charge is -2.05. The maximum atomic E-state index is 13.9. The summed E-state index contributed by atoms with van der Waals surface area (Å²) in [4.78, 5) is 11.1. The number of nitrogens with two attached hydrogens (primary N) is 1. The summed E-state index contributed by atoms with van der Waals surface area (Å²) in [5, 5.41) is 8.97. The molecule has 0 aliphatic carbocycles. The van der Waals surface area contributed by atoms with Crippen LogP contribution in [0.5, 0.6) is 0 Å². The molecule has 0 aliphatic heterocycles. The van der Waals surface area contributed by atoms with Crippen LogP contribution >= 0.6 is 27.3 Å². The van der Waals surface area contributed by atoms with Crippen molar-refractivity contribution in [3.8, 4) is 10.4 Å². The number of halogens is 3. The van der Waals surface area contributed by atoms with Gasteiger partial charge in [0.25, 0.3) is 0 Å². The van der Waals surface area contributed by atoms with Crippen molar-refractivity contribution < 1.29 is 18.7 Å². The van der Waals surface area contributed by atoms with Crippen molar-refractivity contribution in [2.45, 2.75) is 6.92 Å². The van der Waals surface area contributed by atoms with Gasteiger partial charge in [-0.2, -0.15) is 0 Å². The molecule has 1 aromatic heterocycles. The summed E-state index contributed by atoms with van der Waals surface area (Å²) in [5.41, 5.74) is 5.79. The lowest BCUT2D eigenvalue weighted by molar-refractivity contribution is 0.0703. The summed E-state index contributed by atoms with van der Waals surface area (Å²) in [5.74, 6) is -2.75. The second-order valence-electron chi connectivity index (χ2n) is 3.85. The van der Waals surface area contributed by atoms with Gasteiger partial charge in [0.2, 0.25) is 0 Å². The zero-order valence-electron chi connectivity index (χ0n) is 9.63. The minimum atomic E-state index is -1.21. The molecular formula is C12H8BrF2NO2S. The molecule has 0 atom stereocenters. The summed E-state index contributed by atoms with van der Waals surface area (Å²) in [6, 6.07) is 2.24. The molecule has 2 aromatic rings. The maximum Gasteiger partial charge on any atom is 0.348 e. The molecule has 2 rings (SSSR count). The number of aromatic carboxylic acids is 1. The standard InChI is InChI=1S/C12H8BrF2NO2S/c1-4-9(16)11(12(17)18)19-10(4)8-6(14)2-5(13)3-7(8)15/h2-3H,16H2,1H3,(H,17,18). The Labute approximate surface area is 119 Å². The van der Waals surface area contributed by atoms with E-state index >= 15 is 0 Å². The predicted octanol–water partition coefficient (Wildman–Crippen LogP) is 4.04. The third-order valence-corrected chi connectivity index (χ3v) is 4.39. The fraction of sp³-hybridized carbons (Fsp3) is 0.0833. The van der Waals surface area contributed by atoms with E-state index in [1.807, 2.05) is 0 Å². The highest BCUT2D eigenvalue weighted by molar-refractivity contribution is 9.10. The van der Waals surface area contributed by atoms with Gasteiger partial charge in [-0.3, -0.25) is 0 Å². The summed E-state index contributed by atoms with van der Waals surface area (Å²) in [6.45, 7) is 1.54. The summed E-state index contributed by atoms with van der Waals surface area (Å²) in [7, 11) is 0. The monoisotopic (exact) mass is 347 g/mol. The fourth-order valence-corrected chi connectivity index (χ4v) is 3.20. The van der Waals surface area contributed by atoms with Gasteiger partial charge in [0.05, 0.1) is 11.3 Å². The SMILES string of the molecule is Cc1c(-c2c(F)cc(Br)cc2F)sc(C(=O)O)c1N. The number of carboxylic acids is 1. The van der Waals surface area contributed by atoms with Gasteiger partial charge in [0.1, 0.15) is 16.5 Å². The molecule has 100 valence electrons. The minimum Gasteiger partial charge on any atom is -0.477 e. The third kappa shape index (κ3) is 2.35. The lowest BCUT2D eigenvalue weighted by Crippen LogP contribution is -1.98. The highest BCUT2D eigenvalue weighted by Gasteiger charge is 2.23. The highest BCUT2D eigenvalue weighted by Crippen LogP contribution is 2.41. The normalized spacial score (nSPS) is 10.7. The third-order valence-electron chi connectivity index (χ3n) is 2.62. The molecule has 3 nitrogen and oxygen atoms in total. The van der Waals surface area contributed by atoms with Gasteiger partial charge in [-0.1, -0.05) is 15.9 Å². The first-order valence-electron chi connectivity index (χ1n) is 5.10. The summed E-state index contributed by atoms with van der Waals surface area (Å²) < 4.78 is 28.0. The molecule has 3 N–H and O–H groups in total. The number of rotatable bonds is 2. The van der Waals surface area contributed by atoms with Gasteiger partial charge < -0.3 is 10.8 Å². The molecule has 19 heavy (non-hydrogen) atoms. The Morgan fingerprint density at radius 3 is 2.32 bits per heavy atom. The number of anilines is 1. The van der Waals surface area contributed by atoms with Crippen LogP contribution in [0.25, 0.3) is 10.4 Å². The van der Waals surface area contributed by atoms with Crippen molar-refractivity contribution in [3.63, 3.8) is 0 Å². The number of carbonyl (C=O) groups is 1. The Morgan fingerprint density at radius 1 is 1.37 bits per heavy atom. The van der Waals surface area contributed by atoms with Crippen LogP contribution in [-0.4, -0.2) is 11.1 Å². The van der Waals surface area contributed by atoms with Gasteiger partial charge in [0.15, 0.2) is 0 Å². The Morgan fingerprint density at radius 2 is 1.89 bits per heavy atom. The second-order valence-corrected chi connectivity index (χ2v) is 5.78. The predicted molar refractivity (Wildman–Crippen MR) is 73.5 cm³/mol.